The second kappa shape index (κ2) is 2.93. The van der Waals surface area contributed by atoms with Gasteiger partial charge in [0.05, 0.1) is 5.69 Å². The fourth-order valence-electron chi connectivity index (χ4n) is 1.56. The van der Waals surface area contributed by atoms with Crippen molar-refractivity contribution in [1.82, 2.24) is 0 Å². The molecule has 0 amide bonds. The van der Waals surface area contributed by atoms with Gasteiger partial charge >= 0.3 is 0 Å². The maximum Gasteiger partial charge on any atom is 0.116 e. The highest BCUT2D eigenvalue weighted by atomic mass is 35.5. The Labute approximate surface area is 81.5 Å². The van der Waals surface area contributed by atoms with E-state index in [0.717, 1.165) is 22.4 Å². The van der Waals surface area contributed by atoms with Crippen LogP contribution in [0, 0.1) is 0 Å². The Morgan fingerprint density at radius 1 is 1.58 bits per heavy atom. The van der Waals surface area contributed by atoms with Gasteiger partial charge < -0.3 is 5.73 Å². The van der Waals surface area contributed by atoms with Crippen molar-refractivity contribution in [2.45, 2.75) is 32.1 Å². The Morgan fingerprint density at radius 2 is 2.25 bits per heavy atom. The molecule has 2 N–H and O–H groups in total. The summed E-state index contributed by atoms with van der Waals surface area (Å²) in [6, 6.07) is 0. The van der Waals surface area contributed by atoms with Crippen LogP contribution in [-0.4, -0.2) is 0 Å². The lowest BCUT2D eigenvalue weighted by Gasteiger charge is -1.99. The van der Waals surface area contributed by atoms with Gasteiger partial charge in [-0.2, -0.15) is 0 Å². The van der Waals surface area contributed by atoms with Crippen LogP contribution in [0.3, 0.4) is 0 Å². The summed E-state index contributed by atoms with van der Waals surface area (Å²) >= 11 is 7.63. The van der Waals surface area contributed by atoms with E-state index in [2.05, 4.69) is 6.92 Å². The maximum absolute atomic E-state index is 5.98. The molecule has 1 saturated carbocycles. The zero-order chi connectivity index (χ0) is 8.72. The zero-order valence-electron chi connectivity index (χ0n) is 7.06. The quantitative estimate of drug-likeness (QED) is 0.780. The van der Waals surface area contributed by atoms with Crippen molar-refractivity contribution < 1.29 is 0 Å². The summed E-state index contributed by atoms with van der Waals surface area (Å²) in [5, 5.41) is 0. The van der Waals surface area contributed by atoms with Gasteiger partial charge in [0.15, 0.2) is 0 Å². The molecule has 0 bridgehead atoms. The maximum atomic E-state index is 5.98. The van der Waals surface area contributed by atoms with Crippen molar-refractivity contribution in [2.75, 3.05) is 5.73 Å². The molecule has 0 atom stereocenters. The van der Waals surface area contributed by atoms with Crippen molar-refractivity contribution in [1.29, 1.82) is 0 Å². The van der Waals surface area contributed by atoms with E-state index in [9.17, 15) is 0 Å². The number of hydrogen-bond acceptors (Lipinski definition) is 2. The van der Waals surface area contributed by atoms with Gasteiger partial charge in [-0.05, 0) is 30.7 Å². The Morgan fingerprint density at radius 3 is 2.75 bits per heavy atom. The van der Waals surface area contributed by atoms with Crippen LogP contribution in [0.2, 0.25) is 4.34 Å². The second-order valence-electron chi connectivity index (χ2n) is 3.25. The van der Waals surface area contributed by atoms with Crippen LogP contribution < -0.4 is 5.73 Å². The van der Waals surface area contributed by atoms with E-state index < -0.39 is 0 Å². The monoisotopic (exact) mass is 201 g/mol. The third-order valence-electron chi connectivity index (χ3n) is 2.32. The molecular weight excluding hydrogens is 190 g/mol. The van der Waals surface area contributed by atoms with Crippen molar-refractivity contribution >= 4 is 28.6 Å². The lowest BCUT2D eigenvalue weighted by Crippen LogP contribution is -1.90. The Kier molecular flexibility index (Phi) is 2.05. The largest absolute Gasteiger partial charge is 0.397 e. The summed E-state index contributed by atoms with van der Waals surface area (Å²) < 4.78 is 0.786. The number of nitrogens with two attached hydrogens (primary N) is 1. The third-order valence-corrected chi connectivity index (χ3v) is 3.91. The van der Waals surface area contributed by atoms with Crippen LogP contribution in [0.25, 0.3) is 0 Å². The van der Waals surface area contributed by atoms with Gasteiger partial charge in [-0.3, -0.25) is 0 Å². The molecule has 1 aromatic heterocycles. The van der Waals surface area contributed by atoms with E-state index in [1.54, 1.807) is 11.3 Å². The highest BCUT2D eigenvalue weighted by Crippen LogP contribution is 2.49. The molecule has 0 radical (unpaired) electrons. The second-order valence-corrected chi connectivity index (χ2v) is 4.96. The fourth-order valence-corrected chi connectivity index (χ4v) is 2.90. The van der Waals surface area contributed by atoms with Gasteiger partial charge in [-0.15, -0.1) is 11.3 Å². The molecule has 1 nitrogen and oxygen atoms in total. The van der Waals surface area contributed by atoms with Gasteiger partial charge in [0.25, 0.3) is 0 Å². The van der Waals surface area contributed by atoms with E-state index in [4.69, 9.17) is 17.3 Å². The molecule has 0 saturated heterocycles. The highest BCUT2D eigenvalue weighted by molar-refractivity contribution is 7.17. The third kappa shape index (κ3) is 1.23. The van der Waals surface area contributed by atoms with Gasteiger partial charge in [0, 0.05) is 4.88 Å². The zero-order valence-corrected chi connectivity index (χ0v) is 8.63. The molecule has 0 spiro atoms. The van der Waals surface area contributed by atoms with Crippen molar-refractivity contribution in [3.05, 3.63) is 14.8 Å². The summed E-state index contributed by atoms with van der Waals surface area (Å²) in [6.45, 7) is 2.16. The highest BCUT2D eigenvalue weighted by Gasteiger charge is 2.30. The molecule has 1 fully saturated rings. The minimum atomic E-state index is 0.726. The van der Waals surface area contributed by atoms with Crippen molar-refractivity contribution in [3.63, 3.8) is 0 Å². The molecule has 1 aliphatic rings. The molecule has 0 aromatic carbocycles. The first-order chi connectivity index (χ1) is 5.74. The SMILES string of the molecule is CCc1sc(Cl)c(N)c1C1CC1. The predicted octanol–water partition coefficient (Wildman–Crippen LogP) is 3.42. The van der Waals surface area contributed by atoms with Gasteiger partial charge in [0.2, 0.25) is 0 Å². The molecule has 0 unspecified atom stereocenters. The number of aryl methyl sites for hydroxylation is 1. The number of nitrogen functional groups attached to an aromatic ring is 1. The molecular formula is C9H12ClNS. The minimum Gasteiger partial charge on any atom is -0.397 e. The summed E-state index contributed by atoms with van der Waals surface area (Å²) in [4.78, 5) is 1.39. The molecule has 1 aromatic rings. The van der Waals surface area contributed by atoms with Crippen LogP contribution >= 0.6 is 22.9 Å². The van der Waals surface area contributed by atoms with Crippen LogP contribution in [0.1, 0.15) is 36.1 Å². The van der Waals surface area contributed by atoms with Gasteiger partial charge in [0.1, 0.15) is 4.34 Å². The molecule has 0 aliphatic heterocycles. The van der Waals surface area contributed by atoms with Crippen molar-refractivity contribution in [2.24, 2.45) is 0 Å². The number of thiophene rings is 1. The standard InChI is InChI=1S/C9H12ClNS/c1-2-6-7(5-3-4-5)8(11)9(10)12-6/h5H,2-4,11H2,1H3. The lowest BCUT2D eigenvalue weighted by atomic mass is 10.1. The topological polar surface area (TPSA) is 26.0 Å². The van der Waals surface area contributed by atoms with E-state index in [1.165, 1.54) is 23.3 Å². The summed E-state index contributed by atoms with van der Waals surface area (Å²) in [7, 11) is 0. The van der Waals surface area contributed by atoms with Crippen LogP contribution in [0.4, 0.5) is 5.69 Å². The van der Waals surface area contributed by atoms with Crippen LogP contribution in [0.15, 0.2) is 0 Å². The van der Waals surface area contributed by atoms with E-state index in [0.29, 0.717) is 0 Å². The predicted molar refractivity (Wildman–Crippen MR) is 55.1 cm³/mol. The summed E-state index contributed by atoms with van der Waals surface area (Å²) in [6.07, 6.45) is 3.65. The average molecular weight is 202 g/mol. The number of rotatable bonds is 2. The minimum absolute atomic E-state index is 0.726. The Balaban J connectivity index is 2.46. The first-order valence-electron chi connectivity index (χ1n) is 4.30. The fraction of sp³-hybridized carbons (Fsp3) is 0.556. The van der Waals surface area contributed by atoms with E-state index in [-0.39, 0.29) is 0 Å². The van der Waals surface area contributed by atoms with E-state index in [1.807, 2.05) is 0 Å². The normalized spacial score (nSPS) is 16.8. The molecule has 1 aliphatic carbocycles. The lowest BCUT2D eigenvalue weighted by molar-refractivity contribution is 1.07. The molecule has 66 valence electrons. The molecule has 1 heterocycles. The molecule has 3 heteroatoms. The number of halogens is 1. The smallest absolute Gasteiger partial charge is 0.116 e. The first kappa shape index (κ1) is 8.39. The van der Waals surface area contributed by atoms with Crippen LogP contribution in [-0.2, 0) is 6.42 Å². The first-order valence-corrected chi connectivity index (χ1v) is 5.50. The van der Waals surface area contributed by atoms with Crippen LogP contribution in [0.5, 0.6) is 0 Å². The summed E-state index contributed by atoms with van der Waals surface area (Å²) in [5.41, 5.74) is 8.10. The van der Waals surface area contributed by atoms with Gasteiger partial charge in [-0.1, -0.05) is 18.5 Å². The average Bonchev–Trinajstić information content (AvgIpc) is 2.82. The number of hydrogen-bond donors (Lipinski definition) is 1. The molecule has 12 heavy (non-hydrogen) atoms. The molecule has 2 rings (SSSR count). The Bertz CT molecular complexity index is 302. The van der Waals surface area contributed by atoms with E-state index >= 15 is 0 Å². The van der Waals surface area contributed by atoms with Gasteiger partial charge in [-0.25, -0.2) is 0 Å². The summed E-state index contributed by atoms with van der Waals surface area (Å²) in [5.74, 6) is 0.726. The van der Waals surface area contributed by atoms with Crippen molar-refractivity contribution in [3.8, 4) is 0 Å². The Hall–Kier alpha value is -0.210. The number of anilines is 1.